The van der Waals surface area contributed by atoms with Crippen LogP contribution in [0.1, 0.15) is 40.9 Å². The Bertz CT molecular complexity index is 1220. The number of carboxylic acids is 1. The van der Waals surface area contributed by atoms with E-state index in [0.717, 1.165) is 25.7 Å². The van der Waals surface area contributed by atoms with Gasteiger partial charge in [0.05, 0.1) is 11.9 Å². The molecule has 3 aromatic rings. The van der Waals surface area contributed by atoms with Gasteiger partial charge in [-0.3, -0.25) is 4.79 Å². The van der Waals surface area contributed by atoms with E-state index in [1.54, 1.807) is 12.3 Å². The molecule has 0 aromatic carbocycles. The van der Waals surface area contributed by atoms with E-state index in [1.165, 1.54) is 22.2 Å². The van der Waals surface area contributed by atoms with Gasteiger partial charge in [-0.1, -0.05) is 12.8 Å². The molecule has 0 bridgehead atoms. The maximum Gasteiger partial charge on any atom is 0.490 e. The molecule has 4 rings (SSSR count). The van der Waals surface area contributed by atoms with Gasteiger partial charge in [-0.25, -0.2) is 14.3 Å². The van der Waals surface area contributed by atoms with Crippen LogP contribution in [0.5, 0.6) is 0 Å². The monoisotopic (exact) mass is 538 g/mol. The van der Waals surface area contributed by atoms with Crippen LogP contribution in [0.3, 0.4) is 0 Å². The van der Waals surface area contributed by atoms with Crippen LogP contribution in [-0.2, 0) is 11.0 Å². The Balaban J connectivity index is 0.000000454. The molecule has 0 saturated heterocycles. The molecular formula is C20H20F6N6O3S. The average molecular weight is 538 g/mol. The lowest BCUT2D eigenvalue weighted by atomic mass is 9.91. The number of hydrogen-bond acceptors (Lipinski definition) is 7. The molecule has 0 aliphatic heterocycles. The first kappa shape index (κ1) is 27.2. The van der Waals surface area contributed by atoms with Gasteiger partial charge in [-0.15, -0.1) is 11.3 Å². The number of halogens is 6. The van der Waals surface area contributed by atoms with Crippen molar-refractivity contribution < 1.29 is 41.0 Å². The molecule has 1 aliphatic rings. The van der Waals surface area contributed by atoms with E-state index in [2.05, 4.69) is 20.7 Å². The van der Waals surface area contributed by atoms with E-state index in [4.69, 9.17) is 15.6 Å². The first-order chi connectivity index (χ1) is 16.8. The molecule has 1 amide bonds. The van der Waals surface area contributed by atoms with E-state index < -0.39 is 29.1 Å². The number of aliphatic carboxylic acids is 1. The number of fused-ring (bicyclic) bond motifs is 1. The molecule has 9 nitrogen and oxygen atoms in total. The maximum absolute atomic E-state index is 13.0. The summed E-state index contributed by atoms with van der Waals surface area (Å²) >= 11 is 0.523. The zero-order chi connectivity index (χ0) is 26.7. The zero-order valence-electron chi connectivity index (χ0n) is 18.2. The summed E-state index contributed by atoms with van der Waals surface area (Å²) in [5.41, 5.74) is 6.21. The minimum Gasteiger partial charge on any atom is -0.475 e. The van der Waals surface area contributed by atoms with Crippen LogP contribution < -0.4 is 16.4 Å². The Hall–Kier alpha value is -3.40. The van der Waals surface area contributed by atoms with Gasteiger partial charge in [0.1, 0.15) is 16.3 Å². The fourth-order valence-corrected chi connectivity index (χ4v) is 4.17. The first-order valence-electron chi connectivity index (χ1n) is 10.4. The largest absolute Gasteiger partial charge is 0.490 e. The van der Waals surface area contributed by atoms with E-state index in [0.29, 0.717) is 17.2 Å². The number of nitrogens with zero attached hydrogens (tertiary/aromatic N) is 3. The van der Waals surface area contributed by atoms with Crippen molar-refractivity contribution in [2.45, 2.75) is 50.1 Å². The Labute approximate surface area is 203 Å². The van der Waals surface area contributed by atoms with Crippen molar-refractivity contribution in [1.29, 1.82) is 0 Å². The average Bonchev–Trinajstić information content (AvgIpc) is 3.42. The SMILES string of the molecule is N[C@H]1CCCC[C@H]1Nc1ccn2ncc(C(=O)Nc3ccsc3C(F)(F)F)c2n1.O=C(O)C(F)(F)F. The van der Waals surface area contributed by atoms with Crippen molar-refractivity contribution in [3.05, 3.63) is 40.3 Å². The van der Waals surface area contributed by atoms with Crippen molar-refractivity contribution in [1.82, 2.24) is 14.6 Å². The predicted molar refractivity (Wildman–Crippen MR) is 118 cm³/mol. The molecule has 3 heterocycles. The number of carbonyl (C=O) groups excluding carboxylic acids is 1. The molecule has 0 unspecified atom stereocenters. The Morgan fingerprint density at radius 1 is 1.14 bits per heavy atom. The number of anilines is 2. The number of carbonyl (C=O) groups is 2. The lowest BCUT2D eigenvalue weighted by Crippen LogP contribution is -2.42. The lowest BCUT2D eigenvalue weighted by Gasteiger charge is -2.29. The summed E-state index contributed by atoms with van der Waals surface area (Å²) in [6.45, 7) is 0. The van der Waals surface area contributed by atoms with Crippen molar-refractivity contribution in [3.8, 4) is 0 Å². The highest BCUT2D eigenvalue weighted by atomic mass is 32.1. The molecule has 196 valence electrons. The topological polar surface area (TPSA) is 135 Å². The van der Waals surface area contributed by atoms with Crippen LogP contribution in [-0.4, -0.2) is 49.8 Å². The van der Waals surface area contributed by atoms with E-state index in [-0.39, 0.29) is 29.0 Å². The molecule has 1 fully saturated rings. The number of thiophene rings is 1. The van der Waals surface area contributed by atoms with Crippen LogP contribution in [0.2, 0.25) is 0 Å². The molecule has 16 heteroatoms. The van der Waals surface area contributed by atoms with E-state index in [1.807, 2.05) is 0 Å². The smallest absolute Gasteiger partial charge is 0.475 e. The van der Waals surface area contributed by atoms with Gasteiger partial charge < -0.3 is 21.5 Å². The number of alkyl halides is 6. The third kappa shape index (κ3) is 6.63. The second-order valence-corrected chi connectivity index (χ2v) is 8.67. The molecular weight excluding hydrogens is 518 g/mol. The van der Waals surface area contributed by atoms with Gasteiger partial charge in [0.2, 0.25) is 0 Å². The summed E-state index contributed by atoms with van der Waals surface area (Å²) in [7, 11) is 0. The van der Waals surface area contributed by atoms with Crippen molar-refractivity contribution in [2.24, 2.45) is 5.73 Å². The Morgan fingerprint density at radius 2 is 1.81 bits per heavy atom. The lowest BCUT2D eigenvalue weighted by molar-refractivity contribution is -0.192. The van der Waals surface area contributed by atoms with Crippen molar-refractivity contribution >= 4 is 40.4 Å². The van der Waals surface area contributed by atoms with Crippen LogP contribution >= 0.6 is 11.3 Å². The van der Waals surface area contributed by atoms with Gasteiger partial charge >= 0.3 is 18.3 Å². The van der Waals surface area contributed by atoms with E-state index >= 15 is 0 Å². The second-order valence-electron chi connectivity index (χ2n) is 7.76. The summed E-state index contributed by atoms with van der Waals surface area (Å²) in [4.78, 5) is 25.1. The fraction of sp³-hybridized carbons (Fsp3) is 0.400. The molecule has 1 saturated carbocycles. The van der Waals surface area contributed by atoms with Crippen molar-refractivity contribution in [3.63, 3.8) is 0 Å². The number of rotatable bonds is 4. The standard InChI is InChI=1S/C18H19F3N6OS.C2HF3O2/c19-18(20,21)15-13(6-8-29-15)25-17(28)10-9-23-27-7-5-14(26-16(10)27)24-12-4-2-1-3-11(12)22;3-2(4,5)1(6)7/h5-9,11-12H,1-4,22H2,(H,24,26)(H,25,28);(H,6,7)/t11-,12+;/m0./s1. The maximum atomic E-state index is 13.0. The van der Waals surface area contributed by atoms with Crippen molar-refractivity contribution in [2.75, 3.05) is 10.6 Å². The molecule has 0 radical (unpaired) electrons. The highest BCUT2D eigenvalue weighted by Gasteiger charge is 2.38. The van der Waals surface area contributed by atoms with Gasteiger partial charge in [0.15, 0.2) is 5.65 Å². The van der Waals surface area contributed by atoms with E-state index in [9.17, 15) is 31.1 Å². The summed E-state index contributed by atoms with van der Waals surface area (Å²) in [6.07, 6.45) is -2.65. The Morgan fingerprint density at radius 3 is 2.42 bits per heavy atom. The highest BCUT2D eigenvalue weighted by Crippen LogP contribution is 2.39. The minimum absolute atomic E-state index is 0.0221. The number of carboxylic acid groups (broad SMARTS) is 1. The Kier molecular flexibility index (Phi) is 8.08. The normalized spacial score (nSPS) is 18.3. The molecule has 0 spiro atoms. The van der Waals surface area contributed by atoms with Gasteiger partial charge in [0, 0.05) is 18.3 Å². The predicted octanol–water partition coefficient (Wildman–Crippen LogP) is 4.38. The summed E-state index contributed by atoms with van der Waals surface area (Å²) in [6, 6.07) is 3.05. The van der Waals surface area contributed by atoms with Gasteiger partial charge in [0.25, 0.3) is 5.91 Å². The molecule has 3 aromatic heterocycles. The second kappa shape index (κ2) is 10.7. The third-order valence-electron chi connectivity index (χ3n) is 5.18. The number of nitrogens with one attached hydrogen (secondary N) is 2. The molecule has 2 atom stereocenters. The number of amides is 1. The zero-order valence-corrected chi connectivity index (χ0v) is 19.0. The van der Waals surface area contributed by atoms with Gasteiger partial charge in [-0.2, -0.15) is 31.4 Å². The van der Waals surface area contributed by atoms with Gasteiger partial charge in [-0.05, 0) is 30.4 Å². The number of nitrogens with two attached hydrogens (primary N) is 1. The minimum atomic E-state index is -5.08. The number of aromatic nitrogens is 3. The first-order valence-corrected chi connectivity index (χ1v) is 11.3. The van der Waals surface area contributed by atoms with Crippen LogP contribution in [0.25, 0.3) is 5.65 Å². The fourth-order valence-electron chi connectivity index (χ4n) is 3.46. The quantitative estimate of drug-likeness (QED) is 0.362. The van der Waals surface area contributed by atoms with Crippen LogP contribution in [0, 0.1) is 0 Å². The molecule has 5 N–H and O–H groups in total. The summed E-state index contributed by atoms with van der Waals surface area (Å²) < 4.78 is 72.3. The molecule has 36 heavy (non-hydrogen) atoms. The van der Waals surface area contributed by atoms with Crippen LogP contribution in [0.4, 0.5) is 37.8 Å². The summed E-state index contributed by atoms with van der Waals surface area (Å²) in [5.74, 6) is -2.92. The molecule has 1 aliphatic carbocycles. The number of hydrogen-bond donors (Lipinski definition) is 4. The highest BCUT2D eigenvalue weighted by molar-refractivity contribution is 7.10. The summed E-state index contributed by atoms with van der Waals surface area (Å²) in [5, 5.41) is 18.1. The third-order valence-corrected chi connectivity index (χ3v) is 6.14. The van der Waals surface area contributed by atoms with Crippen LogP contribution in [0.15, 0.2) is 29.9 Å².